The highest BCUT2D eigenvalue weighted by atomic mass is 79.9. The van der Waals surface area contributed by atoms with E-state index in [1.165, 1.54) is 23.0 Å². The Kier molecular flexibility index (Phi) is 7.74. The molecule has 0 aliphatic heterocycles. The topological polar surface area (TPSA) is 123 Å². The van der Waals surface area contributed by atoms with Crippen LogP contribution >= 0.6 is 15.9 Å². The fraction of sp³-hybridized carbons (Fsp3) is 0.185. The second-order valence-electron chi connectivity index (χ2n) is 8.31. The summed E-state index contributed by atoms with van der Waals surface area (Å²) in [4.78, 5) is 29.3. The summed E-state index contributed by atoms with van der Waals surface area (Å²) in [5.41, 5.74) is 1.26. The van der Waals surface area contributed by atoms with Crippen molar-refractivity contribution in [2.24, 2.45) is 5.10 Å². The fourth-order valence-electron chi connectivity index (χ4n) is 3.75. The maximum atomic E-state index is 13.4. The van der Waals surface area contributed by atoms with Gasteiger partial charge in [-0.3, -0.25) is 14.9 Å². The van der Waals surface area contributed by atoms with Crippen LogP contribution in [0.1, 0.15) is 48.7 Å². The maximum absolute atomic E-state index is 13.4. The van der Waals surface area contributed by atoms with E-state index < -0.39 is 4.92 Å². The summed E-state index contributed by atoms with van der Waals surface area (Å²) in [6.07, 6.45) is 2.09. The zero-order valence-corrected chi connectivity index (χ0v) is 21.7. The SMILES string of the molecule is CC[C@@H](C)c1nc2ccc(Br)cc2c(=O)n1N=Cc1cccc([N+](=O)[O-])c1OCc1ccccc1C#N. The third kappa shape index (κ3) is 5.42. The van der Waals surface area contributed by atoms with Gasteiger partial charge in [-0.1, -0.05) is 54.0 Å². The lowest BCUT2D eigenvalue weighted by Gasteiger charge is -2.14. The average Bonchev–Trinajstić information content (AvgIpc) is 2.91. The molecule has 1 atom stereocenters. The molecular formula is C27H22BrN5O4. The number of nitrogens with zero attached hydrogens (tertiary/aromatic N) is 5. The number of para-hydroxylation sites is 1. The van der Waals surface area contributed by atoms with Crippen LogP contribution < -0.4 is 10.3 Å². The van der Waals surface area contributed by atoms with Crippen LogP contribution in [0.3, 0.4) is 0 Å². The second kappa shape index (κ2) is 11.1. The molecule has 1 heterocycles. The van der Waals surface area contributed by atoms with Gasteiger partial charge in [-0.25, -0.2) is 4.98 Å². The first kappa shape index (κ1) is 25.7. The van der Waals surface area contributed by atoms with E-state index in [9.17, 15) is 20.2 Å². The number of aromatic nitrogens is 2. The van der Waals surface area contributed by atoms with Gasteiger partial charge < -0.3 is 4.74 Å². The predicted molar refractivity (Wildman–Crippen MR) is 144 cm³/mol. The Morgan fingerprint density at radius 2 is 2.03 bits per heavy atom. The number of nitro groups is 1. The molecule has 0 spiro atoms. The first-order chi connectivity index (χ1) is 17.8. The van der Waals surface area contributed by atoms with Crippen molar-refractivity contribution in [3.8, 4) is 11.8 Å². The monoisotopic (exact) mass is 559 g/mol. The van der Waals surface area contributed by atoms with Gasteiger partial charge in [-0.05, 0) is 36.8 Å². The van der Waals surface area contributed by atoms with Crippen molar-refractivity contribution in [3.05, 3.63) is 108 Å². The Hall–Kier alpha value is -4.36. The highest BCUT2D eigenvalue weighted by Gasteiger charge is 2.20. The molecule has 4 rings (SSSR count). The first-order valence-electron chi connectivity index (χ1n) is 11.5. The lowest BCUT2D eigenvalue weighted by molar-refractivity contribution is -0.385. The van der Waals surface area contributed by atoms with Gasteiger partial charge in [-0.2, -0.15) is 15.0 Å². The molecule has 9 nitrogen and oxygen atoms in total. The van der Waals surface area contributed by atoms with Crippen molar-refractivity contribution in [1.29, 1.82) is 5.26 Å². The molecule has 0 saturated carbocycles. The number of fused-ring (bicyclic) bond motifs is 1. The normalized spacial score (nSPS) is 11.9. The molecule has 37 heavy (non-hydrogen) atoms. The van der Waals surface area contributed by atoms with Crippen LogP contribution in [0, 0.1) is 21.4 Å². The second-order valence-corrected chi connectivity index (χ2v) is 9.23. The van der Waals surface area contributed by atoms with Crippen LogP contribution in [0.5, 0.6) is 5.75 Å². The molecular weight excluding hydrogens is 538 g/mol. The molecule has 186 valence electrons. The van der Waals surface area contributed by atoms with Gasteiger partial charge in [0.15, 0.2) is 0 Å². The molecule has 4 aromatic rings. The van der Waals surface area contributed by atoms with Crippen LogP contribution in [0.4, 0.5) is 5.69 Å². The van der Waals surface area contributed by atoms with Crippen molar-refractivity contribution in [1.82, 2.24) is 9.66 Å². The number of hydrogen-bond acceptors (Lipinski definition) is 7. The van der Waals surface area contributed by atoms with E-state index >= 15 is 0 Å². The molecule has 0 saturated heterocycles. The molecule has 3 aromatic carbocycles. The van der Waals surface area contributed by atoms with Crippen molar-refractivity contribution in [2.75, 3.05) is 0 Å². The number of halogens is 1. The van der Waals surface area contributed by atoms with Crippen molar-refractivity contribution < 1.29 is 9.66 Å². The number of nitro benzene ring substituents is 1. The molecule has 0 aliphatic carbocycles. The van der Waals surface area contributed by atoms with Gasteiger partial charge in [0.25, 0.3) is 5.56 Å². The van der Waals surface area contributed by atoms with E-state index in [1.54, 1.807) is 42.5 Å². The molecule has 0 unspecified atom stereocenters. The van der Waals surface area contributed by atoms with Gasteiger partial charge in [0.1, 0.15) is 12.4 Å². The lowest BCUT2D eigenvalue weighted by atomic mass is 10.1. The summed E-state index contributed by atoms with van der Waals surface area (Å²) < 4.78 is 7.84. The average molecular weight is 560 g/mol. The molecule has 1 aromatic heterocycles. The third-order valence-corrected chi connectivity index (χ3v) is 6.42. The Balaban J connectivity index is 1.81. The highest BCUT2D eigenvalue weighted by Crippen LogP contribution is 2.31. The van der Waals surface area contributed by atoms with Crippen LogP contribution in [0.15, 0.2) is 75.0 Å². The quantitative estimate of drug-likeness (QED) is 0.150. The summed E-state index contributed by atoms with van der Waals surface area (Å²) in [5, 5.41) is 25.9. The molecule has 0 fully saturated rings. The van der Waals surface area contributed by atoms with Crippen LogP contribution in [-0.2, 0) is 6.61 Å². The van der Waals surface area contributed by atoms with Gasteiger partial charge >= 0.3 is 5.69 Å². The fourth-order valence-corrected chi connectivity index (χ4v) is 4.11. The zero-order chi connectivity index (χ0) is 26.5. The maximum Gasteiger partial charge on any atom is 0.311 e. The Morgan fingerprint density at radius 3 is 2.76 bits per heavy atom. The molecule has 0 radical (unpaired) electrons. The standard InChI is InChI=1S/C27H22BrN5O4/c1-3-17(2)26-31-23-12-11-21(28)13-22(23)27(34)32(26)30-15-19-9-6-10-24(33(35)36)25(19)37-16-20-8-5-4-7-18(20)14-29/h4-13,15,17H,3,16H2,1-2H3/t17-/m1/s1. The predicted octanol–water partition coefficient (Wildman–Crippen LogP) is 5.91. The van der Waals surface area contributed by atoms with Gasteiger partial charge in [-0.15, -0.1) is 0 Å². The molecule has 0 amide bonds. The van der Waals surface area contributed by atoms with E-state index in [0.717, 1.165) is 10.9 Å². The largest absolute Gasteiger partial charge is 0.481 e. The zero-order valence-electron chi connectivity index (χ0n) is 20.1. The number of benzene rings is 3. The molecule has 10 heteroatoms. The van der Waals surface area contributed by atoms with E-state index in [0.29, 0.717) is 33.4 Å². The van der Waals surface area contributed by atoms with E-state index in [-0.39, 0.29) is 29.5 Å². The summed E-state index contributed by atoms with van der Waals surface area (Å²) in [5.74, 6) is 0.397. The number of hydrogen-bond donors (Lipinski definition) is 0. The summed E-state index contributed by atoms with van der Waals surface area (Å²) >= 11 is 3.39. The molecule has 0 aliphatic rings. The Morgan fingerprint density at radius 1 is 1.24 bits per heavy atom. The Labute approximate surface area is 220 Å². The van der Waals surface area contributed by atoms with Crippen molar-refractivity contribution >= 4 is 38.7 Å². The van der Waals surface area contributed by atoms with E-state index in [2.05, 4.69) is 32.1 Å². The van der Waals surface area contributed by atoms with Gasteiger partial charge in [0.2, 0.25) is 5.75 Å². The van der Waals surface area contributed by atoms with Crippen molar-refractivity contribution in [2.45, 2.75) is 32.8 Å². The minimum atomic E-state index is -0.547. The number of rotatable bonds is 8. The minimum absolute atomic E-state index is 0.0152. The van der Waals surface area contributed by atoms with E-state index in [4.69, 9.17) is 4.74 Å². The summed E-state index contributed by atoms with van der Waals surface area (Å²) in [6.45, 7) is 3.88. The van der Waals surface area contributed by atoms with Gasteiger partial charge in [0, 0.05) is 27.6 Å². The van der Waals surface area contributed by atoms with Crippen molar-refractivity contribution in [3.63, 3.8) is 0 Å². The highest BCUT2D eigenvalue weighted by molar-refractivity contribution is 9.10. The van der Waals surface area contributed by atoms with E-state index in [1.807, 2.05) is 19.9 Å². The molecule has 0 bridgehead atoms. The summed E-state index contributed by atoms with van der Waals surface area (Å²) in [6, 6.07) is 18.7. The summed E-state index contributed by atoms with van der Waals surface area (Å²) in [7, 11) is 0. The lowest BCUT2D eigenvalue weighted by Crippen LogP contribution is -2.23. The Bertz CT molecular complexity index is 1620. The smallest absolute Gasteiger partial charge is 0.311 e. The number of ether oxygens (including phenoxy) is 1. The number of nitriles is 1. The van der Waals surface area contributed by atoms with Crippen LogP contribution in [-0.4, -0.2) is 20.8 Å². The van der Waals surface area contributed by atoms with Crippen LogP contribution in [0.25, 0.3) is 10.9 Å². The first-order valence-corrected chi connectivity index (χ1v) is 12.3. The van der Waals surface area contributed by atoms with Crippen LogP contribution in [0.2, 0.25) is 0 Å². The third-order valence-electron chi connectivity index (χ3n) is 5.93. The minimum Gasteiger partial charge on any atom is -0.481 e. The van der Waals surface area contributed by atoms with Gasteiger partial charge in [0.05, 0.1) is 33.7 Å². The molecule has 0 N–H and O–H groups in total.